The Bertz CT molecular complexity index is 1440. The topological polar surface area (TPSA) is 118 Å². The van der Waals surface area contributed by atoms with Crippen molar-refractivity contribution in [2.24, 2.45) is 0 Å². The van der Waals surface area contributed by atoms with Gasteiger partial charge in [0, 0.05) is 16.9 Å². The maximum absolute atomic E-state index is 13.8. The number of carbonyl (C=O) groups excluding carboxylic acids is 2. The zero-order valence-corrected chi connectivity index (χ0v) is 18.3. The predicted molar refractivity (Wildman–Crippen MR) is 125 cm³/mol. The number of anilines is 3. The minimum atomic E-state index is -4.08. The van der Waals surface area contributed by atoms with E-state index in [9.17, 15) is 22.4 Å². The van der Waals surface area contributed by atoms with E-state index < -0.39 is 27.7 Å². The van der Waals surface area contributed by atoms with Gasteiger partial charge in [0.1, 0.15) is 5.82 Å². The van der Waals surface area contributed by atoms with Crippen LogP contribution in [0.3, 0.4) is 0 Å². The summed E-state index contributed by atoms with van der Waals surface area (Å²) in [7, 11) is -4.08. The third-order valence-corrected chi connectivity index (χ3v) is 6.03. The molecule has 10 heteroatoms. The van der Waals surface area contributed by atoms with Gasteiger partial charge in [0.2, 0.25) is 0 Å². The Morgan fingerprint density at radius 3 is 2.21 bits per heavy atom. The highest BCUT2D eigenvalue weighted by Gasteiger charge is 2.17. The Balaban J connectivity index is 1.44. The maximum atomic E-state index is 13.8. The molecule has 3 aromatic carbocycles. The fraction of sp³-hybridized carbons (Fsp3) is 0. The average molecular weight is 479 g/mol. The van der Waals surface area contributed by atoms with Gasteiger partial charge in [-0.25, -0.2) is 12.8 Å². The maximum Gasteiger partial charge on any atom is 0.291 e. The molecule has 0 aliphatic rings. The molecule has 0 spiro atoms. The molecule has 0 saturated carbocycles. The summed E-state index contributed by atoms with van der Waals surface area (Å²) in [6.07, 6.45) is 1.39. The second-order valence-electron chi connectivity index (χ2n) is 7.08. The van der Waals surface area contributed by atoms with Crippen LogP contribution < -0.4 is 15.4 Å². The van der Waals surface area contributed by atoms with Crippen molar-refractivity contribution in [2.75, 3.05) is 15.4 Å². The number of hydrogen-bond acceptors (Lipinski definition) is 5. The fourth-order valence-corrected chi connectivity index (χ4v) is 4.11. The standard InChI is InChI=1S/C24H18FN3O5S/c25-20-7-1-2-8-21(20)28-34(31,32)19-6-3-5-18(15-19)27-23(29)16-10-12-17(13-11-16)26-24(30)22-9-4-14-33-22/h1-15,28H,(H,26,30)(H,27,29). The summed E-state index contributed by atoms with van der Waals surface area (Å²) in [6.45, 7) is 0. The lowest BCUT2D eigenvalue weighted by Gasteiger charge is -2.11. The van der Waals surface area contributed by atoms with E-state index in [1.54, 1.807) is 18.2 Å². The first kappa shape index (κ1) is 22.7. The molecule has 1 aromatic heterocycles. The first-order chi connectivity index (χ1) is 16.3. The van der Waals surface area contributed by atoms with Crippen molar-refractivity contribution in [1.82, 2.24) is 0 Å². The number of furan rings is 1. The van der Waals surface area contributed by atoms with E-state index in [1.165, 1.54) is 66.9 Å². The summed E-state index contributed by atoms with van der Waals surface area (Å²) >= 11 is 0. The van der Waals surface area contributed by atoms with Crippen molar-refractivity contribution in [3.63, 3.8) is 0 Å². The van der Waals surface area contributed by atoms with Crippen molar-refractivity contribution in [2.45, 2.75) is 4.90 Å². The van der Waals surface area contributed by atoms with E-state index >= 15 is 0 Å². The van der Waals surface area contributed by atoms with Gasteiger partial charge in [0.25, 0.3) is 21.8 Å². The van der Waals surface area contributed by atoms with Crippen LogP contribution in [0, 0.1) is 5.82 Å². The molecule has 0 unspecified atom stereocenters. The fourth-order valence-electron chi connectivity index (χ4n) is 3.00. The number of nitrogens with one attached hydrogen (secondary N) is 3. The Hall–Kier alpha value is -4.44. The molecule has 0 aliphatic carbocycles. The molecule has 0 radical (unpaired) electrons. The highest BCUT2D eigenvalue weighted by atomic mass is 32.2. The lowest BCUT2D eigenvalue weighted by atomic mass is 10.2. The lowest BCUT2D eigenvalue weighted by Crippen LogP contribution is -2.16. The summed E-state index contributed by atoms with van der Waals surface area (Å²) in [5.74, 6) is -1.47. The molecular formula is C24H18FN3O5S. The van der Waals surface area contributed by atoms with Crippen LogP contribution >= 0.6 is 0 Å². The molecule has 8 nitrogen and oxygen atoms in total. The van der Waals surface area contributed by atoms with Gasteiger partial charge < -0.3 is 15.1 Å². The van der Waals surface area contributed by atoms with Crippen molar-refractivity contribution in [1.29, 1.82) is 0 Å². The number of hydrogen-bond donors (Lipinski definition) is 3. The van der Waals surface area contributed by atoms with Crippen LogP contribution in [-0.4, -0.2) is 20.2 Å². The first-order valence-electron chi connectivity index (χ1n) is 9.95. The number of para-hydroxylation sites is 1. The molecule has 0 atom stereocenters. The van der Waals surface area contributed by atoms with Crippen LogP contribution in [0.4, 0.5) is 21.5 Å². The molecule has 3 N–H and O–H groups in total. The van der Waals surface area contributed by atoms with E-state index in [0.717, 1.165) is 6.07 Å². The molecule has 34 heavy (non-hydrogen) atoms. The van der Waals surface area contributed by atoms with Gasteiger partial charge in [-0.3, -0.25) is 14.3 Å². The Kier molecular flexibility index (Phi) is 6.42. The number of halogens is 1. The quantitative estimate of drug-likeness (QED) is 0.354. The monoisotopic (exact) mass is 479 g/mol. The van der Waals surface area contributed by atoms with Crippen LogP contribution in [0.2, 0.25) is 0 Å². The average Bonchev–Trinajstić information content (AvgIpc) is 3.36. The van der Waals surface area contributed by atoms with Gasteiger partial charge in [-0.15, -0.1) is 0 Å². The highest BCUT2D eigenvalue weighted by Crippen LogP contribution is 2.22. The van der Waals surface area contributed by atoms with Crippen molar-refractivity contribution in [3.8, 4) is 0 Å². The van der Waals surface area contributed by atoms with Gasteiger partial charge in [-0.1, -0.05) is 18.2 Å². The summed E-state index contributed by atoms with van der Waals surface area (Å²) in [4.78, 5) is 24.5. The number of rotatable bonds is 7. The number of carbonyl (C=O) groups is 2. The molecule has 0 bridgehead atoms. The van der Waals surface area contributed by atoms with E-state index in [4.69, 9.17) is 4.42 Å². The minimum Gasteiger partial charge on any atom is -0.459 e. The third kappa shape index (κ3) is 5.30. The Morgan fingerprint density at radius 1 is 0.765 bits per heavy atom. The van der Waals surface area contributed by atoms with Crippen LogP contribution in [0.1, 0.15) is 20.9 Å². The zero-order valence-electron chi connectivity index (χ0n) is 17.5. The van der Waals surface area contributed by atoms with Gasteiger partial charge >= 0.3 is 0 Å². The summed E-state index contributed by atoms with van der Waals surface area (Å²) in [5.41, 5.74) is 0.798. The van der Waals surface area contributed by atoms with Crippen molar-refractivity contribution < 1.29 is 26.8 Å². The van der Waals surface area contributed by atoms with Crippen molar-refractivity contribution in [3.05, 3.63) is 108 Å². The molecule has 0 saturated heterocycles. The zero-order chi connectivity index (χ0) is 24.1. The lowest BCUT2D eigenvalue weighted by molar-refractivity contribution is 0.0995. The van der Waals surface area contributed by atoms with Gasteiger partial charge in [-0.05, 0) is 66.7 Å². The molecule has 0 aliphatic heterocycles. The molecule has 0 fully saturated rings. The summed E-state index contributed by atoms with van der Waals surface area (Å²) in [5, 5.41) is 5.26. The number of benzene rings is 3. The van der Waals surface area contributed by atoms with E-state index in [0.29, 0.717) is 5.69 Å². The summed E-state index contributed by atoms with van der Waals surface area (Å²) in [6, 6.07) is 20.2. The summed E-state index contributed by atoms with van der Waals surface area (Å²) < 4.78 is 46.3. The van der Waals surface area contributed by atoms with E-state index in [-0.39, 0.29) is 27.6 Å². The molecule has 2 amide bonds. The van der Waals surface area contributed by atoms with E-state index in [2.05, 4.69) is 15.4 Å². The largest absolute Gasteiger partial charge is 0.459 e. The van der Waals surface area contributed by atoms with Crippen molar-refractivity contribution >= 4 is 38.9 Å². The Morgan fingerprint density at radius 2 is 1.50 bits per heavy atom. The predicted octanol–water partition coefficient (Wildman–Crippen LogP) is 4.72. The normalized spacial score (nSPS) is 11.0. The molecule has 4 rings (SSSR count). The van der Waals surface area contributed by atoms with Gasteiger partial charge in [0.15, 0.2) is 5.76 Å². The van der Waals surface area contributed by atoms with Crippen LogP contribution in [0.25, 0.3) is 0 Å². The smallest absolute Gasteiger partial charge is 0.291 e. The molecular weight excluding hydrogens is 461 g/mol. The van der Waals surface area contributed by atoms with Gasteiger partial charge in [0.05, 0.1) is 16.8 Å². The SMILES string of the molecule is O=C(Nc1cccc(S(=O)(=O)Nc2ccccc2F)c1)c1ccc(NC(=O)c2ccco2)cc1. The van der Waals surface area contributed by atoms with E-state index in [1.807, 2.05) is 0 Å². The minimum absolute atomic E-state index is 0.149. The highest BCUT2D eigenvalue weighted by molar-refractivity contribution is 7.92. The Labute approximate surface area is 194 Å². The second kappa shape index (κ2) is 9.59. The number of amides is 2. The van der Waals surface area contributed by atoms with Gasteiger partial charge in [-0.2, -0.15) is 0 Å². The van der Waals surface area contributed by atoms with Crippen LogP contribution in [0.15, 0.2) is 101 Å². The second-order valence-corrected chi connectivity index (χ2v) is 8.76. The molecule has 4 aromatic rings. The molecule has 172 valence electrons. The first-order valence-corrected chi connectivity index (χ1v) is 11.4. The van der Waals surface area contributed by atoms with Crippen LogP contribution in [0.5, 0.6) is 0 Å². The van der Waals surface area contributed by atoms with Crippen LogP contribution in [-0.2, 0) is 10.0 Å². The number of sulfonamides is 1. The third-order valence-electron chi connectivity index (χ3n) is 4.67. The molecule has 1 heterocycles.